The second-order valence-electron chi connectivity index (χ2n) is 2.72. The van der Waals surface area contributed by atoms with E-state index < -0.39 is 9.24 Å². The molecule has 4 nitrogen and oxygen atoms in total. The smallest absolute Gasteiger partial charge is 0.297 e. The highest BCUT2D eigenvalue weighted by Crippen LogP contribution is 1.94. The monoisotopic (exact) mass is 200 g/mol. The normalized spacial score (nSPS) is 15.4. The van der Waals surface area contributed by atoms with Crippen molar-refractivity contribution in [1.82, 2.24) is 9.62 Å². The maximum absolute atomic E-state index is 10.5. The van der Waals surface area contributed by atoms with E-state index >= 15 is 0 Å². The fourth-order valence-corrected chi connectivity index (χ4v) is 1.84. The van der Waals surface area contributed by atoms with E-state index in [0.29, 0.717) is 6.54 Å². The van der Waals surface area contributed by atoms with Gasteiger partial charge in [0.05, 0.1) is 0 Å². The number of likely N-dealkylation sites (N-methyl/N-ethyl adjacent to an activating group) is 1. The highest BCUT2D eigenvalue weighted by Gasteiger charge is 2.10. The van der Waals surface area contributed by atoms with E-state index in [-0.39, 0.29) is 6.04 Å². The van der Waals surface area contributed by atoms with Crippen LogP contribution in [0.1, 0.15) is 6.92 Å². The molecule has 0 aromatic carbocycles. The maximum atomic E-state index is 10.5. The first-order valence-corrected chi connectivity index (χ1v) is 5.49. The van der Waals surface area contributed by atoms with Crippen LogP contribution in [0.4, 0.5) is 0 Å². The summed E-state index contributed by atoms with van der Waals surface area (Å²) in [6, 6.07) is -0.160. The molecule has 0 aliphatic carbocycles. The van der Waals surface area contributed by atoms with Crippen LogP contribution in [0.5, 0.6) is 0 Å². The van der Waals surface area contributed by atoms with Gasteiger partial charge in [-0.1, -0.05) is 0 Å². The Balaban J connectivity index is 3.80. The highest BCUT2D eigenvalue weighted by molar-refractivity contribution is 8.12. The van der Waals surface area contributed by atoms with Crippen LogP contribution in [0.25, 0.3) is 0 Å². The number of halogens is 1. The molecule has 0 radical (unpaired) electrons. The van der Waals surface area contributed by atoms with E-state index in [0.717, 1.165) is 0 Å². The van der Waals surface area contributed by atoms with Gasteiger partial charge in [0.2, 0.25) is 0 Å². The standard InChI is InChI=1S/C5H13ClN2O2S/c1-5(4-8(2)3)7-11(6,9)10/h5,7H,4H2,1-3H3. The number of hydrogen-bond acceptors (Lipinski definition) is 3. The molecule has 0 saturated carbocycles. The topological polar surface area (TPSA) is 49.4 Å². The minimum Gasteiger partial charge on any atom is -0.308 e. The minimum absolute atomic E-state index is 0.160. The molecule has 0 aliphatic heterocycles. The van der Waals surface area contributed by atoms with Crippen LogP contribution in [-0.4, -0.2) is 40.0 Å². The van der Waals surface area contributed by atoms with Gasteiger partial charge >= 0.3 is 0 Å². The summed E-state index contributed by atoms with van der Waals surface area (Å²) in [7, 11) is 5.10. The quantitative estimate of drug-likeness (QED) is 0.651. The van der Waals surface area contributed by atoms with Crippen molar-refractivity contribution >= 4 is 19.9 Å². The van der Waals surface area contributed by atoms with Gasteiger partial charge in [-0.15, -0.1) is 0 Å². The number of hydrogen-bond donors (Lipinski definition) is 1. The fourth-order valence-electron chi connectivity index (χ4n) is 0.825. The first-order valence-electron chi connectivity index (χ1n) is 3.18. The van der Waals surface area contributed by atoms with Crippen LogP contribution in [0, 0.1) is 0 Å². The van der Waals surface area contributed by atoms with Crippen molar-refractivity contribution in [1.29, 1.82) is 0 Å². The summed E-state index contributed by atoms with van der Waals surface area (Å²) in [5.41, 5.74) is 0. The Morgan fingerprint density at radius 3 is 2.27 bits per heavy atom. The van der Waals surface area contributed by atoms with Gasteiger partial charge in [0, 0.05) is 23.3 Å². The summed E-state index contributed by atoms with van der Waals surface area (Å²) < 4.78 is 23.2. The Bertz CT molecular complexity index is 203. The molecular weight excluding hydrogens is 188 g/mol. The molecule has 0 saturated heterocycles. The maximum Gasteiger partial charge on any atom is 0.297 e. The molecule has 0 aromatic rings. The van der Waals surface area contributed by atoms with Crippen molar-refractivity contribution in [3.8, 4) is 0 Å². The van der Waals surface area contributed by atoms with Crippen LogP contribution < -0.4 is 4.72 Å². The molecule has 0 bridgehead atoms. The Morgan fingerprint density at radius 2 is 2.00 bits per heavy atom. The lowest BCUT2D eigenvalue weighted by atomic mass is 10.3. The first-order chi connectivity index (χ1) is 4.81. The van der Waals surface area contributed by atoms with Gasteiger partial charge in [0.15, 0.2) is 0 Å². The summed E-state index contributed by atoms with van der Waals surface area (Å²) in [6.07, 6.45) is 0. The lowest BCUT2D eigenvalue weighted by molar-refractivity contribution is 0.371. The van der Waals surface area contributed by atoms with Crippen LogP contribution in [-0.2, 0) is 9.24 Å². The molecule has 0 heterocycles. The van der Waals surface area contributed by atoms with Crippen molar-refractivity contribution < 1.29 is 8.42 Å². The zero-order valence-electron chi connectivity index (χ0n) is 6.83. The zero-order valence-corrected chi connectivity index (χ0v) is 8.41. The van der Waals surface area contributed by atoms with Crippen molar-refractivity contribution in [2.75, 3.05) is 20.6 Å². The average Bonchev–Trinajstić information content (AvgIpc) is 1.53. The van der Waals surface area contributed by atoms with Gasteiger partial charge in [-0.25, -0.2) is 0 Å². The molecule has 0 fully saturated rings. The second kappa shape index (κ2) is 4.25. The molecule has 0 spiro atoms. The van der Waals surface area contributed by atoms with Gasteiger partial charge in [-0.3, -0.25) is 0 Å². The Morgan fingerprint density at radius 1 is 1.55 bits per heavy atom. The van der Waals surface area contributed by atoms with Gasteiger partial charge in [-0.2, -0.15) is 13.1 Å². The van der Waals surface area contributed by atoms with Gasteiger partial charge in [0.25, 0.3) is 9.24 Å². The van der Waals surface area contributed by atoms with Crippen LogP contribution in [0.3, 0.4) is 0 Å². The summed E-state index contributed by atoms with van der Waals surface area (Å²) in [6.45, 7) is 2.38. The van der Waals surface area contributed by atoms with Crippen molar-refractivity contribution in [2.24, 2.45) is 0 Å². The predicted octanol–water partition coefficient (Wildman–Crippen LogP) is 0.00970. The largest absolute Gasteiger partial charge is 0.308 e. The molecule has 0 rings (SSSR count). The Kier molecular flexibility index (Phi) is 4.31. The second-order valence-corrected chi connectivity index (χ2v) is 5.05. The SMILES string of the molecule is CC(CN(C)C)NS(=O)(=O)Cl. The van der Waals surface area contributed by atoms with E-state index in [1.165, 1.54) is 0 Å². The van der Waals surface area contributed by atoms with E-state index in [1.807, 2.05) is 19.0 Å². The van der Waals surface area contributed by atoms with Crippen LogP contribution >= 0.6 is 10.7 Å². The third-order valence-corrected chi connectivity index (χ3v) is 1.93. The zero-order chi connectivity index (χ0) is 9.07. The predicted molar refractivity (Wildman–Crippen MR) is 45.9 cm³/mol. The Labute approximate surface area is 72.1 Å². The van der Waals surface area contributed by atoms with E-state index in [4.69, 9.17) is 10.7 Å². The summed E-state index contributed by atoms with van der Waals surface area (Å²) in [4.78, 5) is 1.87. The molecule has 1 unspecified atom stereocenters. The first kappa shape index (κ1) is 11.2. The van der Waals surface area contributed by atoms with E-state index in [1.54, 1.807) is 6.92 Å². The van der Waals surface area contributed by atoms with Crippen molar-refractivity contribution in [3.05, 3.63) is 0 Å². The lowest BCUT2D eigenvalue weighted by Gasteiger charge is -2.15. The summed E-state index contributed by atoms with van der Waals surface area (Å²) >= 11 is 0. The summed E-state index contributed by atoms with van der Waals surface area (Å²) in [5.74, 6) is 0. The molecular formula is C5H13ClN2O2S. The van der Waals surface area contributed by atoms with Crippen LogP contribution in [0.15, 0.2) is 0 Å². The van der Waals surface area contributed by atoms with Crippen molar-refractivity contribution in [3.63, 3.8) is 0 Å². The molecule has 0 amide bonds. The number of nitrogens with one attached hydrogen (secondary N) is 1. The Hall–Kier alpha value is 0.160. The molecule has 68 valence electrons. The van der Waals surface area contributed by atoms with Gasteiger partial charge in [0.1, 0.15) is 0 Å². The number of nitrogens with zero attached hydrogens (tertiary/aromatic N) is 1. The molecule has 1 atom stereocenters. The van der Waals surface area contributed by atoms with Crippen molar-refractivity contribution in [2.45, 2.75) is 13.0 Å². The molecule has 0 aliphatic rings. The molecule has 1 N–H and O–H groups in total. The number of rotatable bonds is 4. The highest BCUT2D eigenvalue weighted by atomic mass is 35.7. The fraction of sp³-hybridized carbons (Fsp3) is 1.00. The van der Waals surface area contributed by atoms with E-state index in [2.05, 4.69) is 4.72 Å². The molecule has 6 heteroatoms. The minimum atomic E-state index is -3.57. The summed E-state index contributed by atoms with van der Waals surface area (Å²) in [5, 5.41) is 0. The third kappa shape index (κ3) is 8.06. The van der Waals surface area contributed by atoms with E-state index in [9.17, 15) is 8.42 Å². The van der Waals surface area contributed by atoms with Gasteiger partial charge < -0.3 is 4.90 Å². The van der Waals surface area contributed by atoms with Gasteiger partial charge in [-0.05, 0) is 21.0 Å². The lowest BCUT2D eigenvalue weighted by Crippen LogP contribution is -2.37. The average molecular weight is 201 g/mol. The van der Waals surface area contributed by atoms with Crippen LogP contribution in [0.2, 0.25) is 0 Å². The molecule has 0 aromatic heterocycles. The molecule has 11 heavy (non-hydrogen) atoms. The third-order valence-electron chi connectivity index (χ3n) is 0.981.